The smallest absolute Gasteiger partial charge is 0.137 e. The quantitative estimate of drug-likeness (QED) is 0.154. The average Bonchev–Trinajstić information content (AvgIpc) is 3.68. The SMILES string of the molecule is c1ccc(N(c2ccc(-c3cc4ccccc4cc3-c3cccc4ccccc34)cc2)c2ccc(N(c3ccccc3)c3ccc4c(c3)oc3ccccc34)cc2)cc1. The summed E-state index contributed by atoms with van der Waals surface area (Å²) < 4.78 is 6.33. The zero-order valence-corrected chi connectivity index (χ0v) is 32.2. The van der Waals surface area contributed by atoms with Crippen LogP contribution in [0, 0.1) is 0 Å². The lowest BCUT2D eigenvalue weighted by atomic mass is 9.89. The standard InChI is InChI=1S/C56H38N2O/c1-3-18-43(19-4-1)57(45-28-26-40(27-29-45)53-36-41-15-7-8-16-42(41)37-54(53)50-24-13-17-39-14-9-10-22-49(39)50)46-30-32-47(33-31-46)58(44-20-5-2-6-21-44)48-34-35-52-51-23-11-12-25-55(51)59-56(52)38-48/h1-38H. The number of fused-ring (bicyclic) bond motifs is 5. The molecule has 0 aliphatic carbocycles. The third-order valence-electron chi connectivity index (χ3n) is 11.4. The number of para-hydroxylation sites is 3. The van der Waals surface area contributed by atoms with Crippen molar-refractivity contribution in [3.63, 3.8) is 0 Å². The molecule has 0 aliphatic rings. The molecule has 0 fully saturated rings. The number of furan rings is 1. The predicted octanol–water partition coefficient (Wildman–Crippen LogP) is 16.2. The molecule has 1 heterocycles. The molecule has 0 bridgehead atoms. The van der Waals surface area contributed by atoms with Gasteiger partial charge in [-0.3, -0.25) is 0 Å². The van der Waals surface area contributed by atoms with Gasteiger partial charge < -0.3 is 14.2 Å². The van der Waals surface area contributed by atoms with Gasteiger partial charge in [0.15, 0.2) is 0 Å². The van der Waals surface area contributed by atoms with Gasteiger partial charge in [0.2, 0.25) is 0 Å². The highest BCUT2D eigenvalue weighted by Gasteiger charge is 2.19. The molecule has 0 spiro atoms. The number of nitrogens with zero attached hydrogens (tertiary/aromatic N) is 2. The molecule has 3 heteroatoms. The van der Waals surface area contributed by atoms with Crippen molar-refractivity contribution in [1.82, 2.24) is 0 Å². The van der Waals surface area contributed by atoms with Crippen molar-refractivity contribution in [2.24, 2.45) is 0 Å². The Balaban J connectivity index is 0.990. The normalized spacial score (nSPS) is 11.4. The van der Waals surface area contributed by atoms with Gasteiger partial charge in [-0.2, -0.15) is 0 Å². The molecule has 3 nitrogen and oxygen atoms in total. The van der Waals surface area contributed by atoms with Crippen LogP contribution in [-0.2, 0) is 0 Å². The first-order valence-electron chi connectivity index (χ1n) is 20.1. The second kappa shape index (κ2) is 14.6. The van der Waals surface area contributed by atoms with Crippen LogP contribution in [0.5, 0.6) is 0 Å². The summed E-state index contributed by atoms with van der Waals surface area (Å²) in [7, 11) is 0. The molecular weight excluding hydrogens is 717 g/mol. The molecule has 0 unspecified atom stereocenters. The second-order valence-corrected chi connectivity index (χ2v) is 15.0. The van der Waals surface area contributed by atoms with E-state index in [9.17, 15) is 0 Å². The van der Waals surface area contributed by atoms with Gasteiger partial charge in [0.1, 0.15) is 11.2 Å². The summed E-state index contributed by atoms with van der Waals surface area (Å²) in [6.07, 6.45) is 0. The van der Waals surface area contributed by atoms with Crippen LogP contribution in [0.15, 0.2) is 235 Å². The fourth-order valence-electron chi connectivity index (χ4n) is 8.61. The highest BCUT2D eigenvalue weighted by Crippen LogP contribution is 2.43. The summed E-state index contributed by atoms with van der Waals surface area (Å²) in [5, 5.41) is 7.19. The first kappa shape index (κ1) is 34.4. The number of hydrogen-bond acceptors (Lipinski definition) is 3. The zero-order valence-electron chi connectivity index (χ0n) is 32.2. The number of benzene rings is 10. The van der Waals surface area contributed by atoms with Crippen LogP contribution in [0.3, 0.4) is 0 Å². The monoisotopic (exact) mass is 754 g/mol. The molecule has 1 aromatic heterocycles. The van der Waals surface area contributed by atoms with E-state index >= 15 is 0 Å². The maximum Gasteiger partial charge on any atom is 0.137 e. The first-order chi connectivity index (χ1) is 29.2. The molecular formula is C56H38N2O. The molecule has 0 N–H and O–H groups in total. The number of rotatable bonds is 8. The Kier molecular flexibility index (Phi) is 8.49. The van der Waals surface area contributed by atoms with Gasteiger partial charge in [0.05, 0.1) is 0 Å². The minimum absolute atomic E-state index is 0.868. The fraction of sp³-hybridized carbons (Fsp3) is 0. The molecule has 0 amide bonds. The topological polar surface area (TPSA) is 19.6 Å². The van der Waals surface area contributed by atoms with E-state index in [1.807, 2.05) is 12.1 Å². The lowest BCUT2D eigenvalue weighted by molar-refractivity contribution is 0.669. The Bertz CT molecular complexity index is 3260. The number of anilines is 6. The van der Waals surface area contributed by atoms with Crippen LogP contribution >= 0.6 is 0 Å². The van der Waals surface area contributed by atoms with Gasteiger partial charge >= 0.3 is 0 Å². The first-order valence-corrected chi connectivity index (χ1v) is 20.1. The molecule has 0 saturated carbocycles. The van der Waals surface area contributed by atoms with Gasteiger partial charge in [-0.1, -0.05) is 133 Å². The molecule has 59 heavy (non-hydrogen) atoms. The van der Waals surface area contributed by atoms with Crippen LogP contribution in [0.25, 0.3) is 65.7 Å². The Hall–Kier alpha value is -7.88. The summed E-state index contributed by atoms with van der Waals surface area (Å²) in [6.45, 7) is 0. The van der Waals surface area contributed by atoms with Gasteiger partial charge in [-0.15, -0.1) is 0 Å². The van der Waals surface area contributed by atoms with Crippen molar-refractivity contribution >= 4 is 77.6 Å². The van der Waals surface area contributed by atoms with Crippen molar-refractivity contribution in [3.05, 3.63) is 231 Å². The molecule has 11 rings (SSSR count). The third-order valence-corrected chi connectivity index (χ3v) is 11.4. The van der Waals surface area contributed by atoms with Gasteiger partial charge in [0.25, 0.3) is 0 Å². The van der Waals surface area contributed by atoms with Crippen molar-refractivity contribution in [3.8, 4) is 22.3 Å². The highest BCUT2D eigenvalue weighted by molar-refractivity contribution is 6.07. The maximum atomic E-state index is 6.33. The second-order valence-electron chi connectivity index (χ2n) is 15.0. The molecule has 10 aromatic carbocycles. The van der Waals surface area contributed by atoms with E-state index in [0.717, 1.165) is 56.1 Å². The minimum Gasteiger partial charge on any atom is -0.456 e. The summed E-state index contributed by atoms with van der Waals surface area (Å²) in [6, 6.07) is 82.4. The number of hydrogen-bond donors (Lipinski definition) is 0. The average molecular weight is 755 g/mol. The maximum absolute atomic E-state index is 6.33. The summed E-state index contributed by atoms with van der Waals surface area (Å²) in [4.78, 5) is 4.61. The largest absolute Gasteiger partial charge is 0.456 e. The van der Waals surface area contributed by atoms with Crippen LogP contribution < -0.4 is 9.80 Å². The Morgan fingerprint density at radius 2 is 0.712 bits per heavy atom. The van der Waals surface area contributed by atoms with Crippen molar-refractivity contribution in [1.29, 1.82) is 0 Å². The molecule has 0 aliphatic heterocycles. The van der Waals surface area contributed by atoms with E-state index in [2.05, 4.69) is 228 Å². The van der Waals surface area contributed by atoms with Crippen LogP contribution in [0.4, 0.5) is 34.1 Å². The molecule has 0 radical (unpaired) electrons. The highest BCUT2D eigenvalue weighted by atomic mass is 16.3. The molecule has 0 saturated heterocycles. The van der Waals surface area contributed by atoms with E-state index in [1.54, 1.807) is 0 Å². The summed E-state index contributed by atoms with van der Waals surface area (Å²) >= 11 is 0. The van der Waals surface area contributed by atoms with Crippen molar-refractivity contribution in [2.45, 2.75) is 0 Å². The van der Waals surface area contributed by atoms with E-state index in [-0.39, 0.29) is 0 Å². The Morgan fingerprint density at radius 3 is 1.37 bits per heavy atom. The Labute approximate surface area is 343 Å². The lowest BCUT2D eigenvalue weighted by Gasteiger charge is -2.28. The van der Waals surface area contributed by atoms with Gasteiger partial charge in [-0.25, -0.2) is 0 Å². The third kappa shape index (κ3) is 6.26. The van der Waals surface area contributed by atoms with Gasteiger partial charge in [-0.05, 0) is 135 Å². The minimum atomic E-state index is 0.868. The molecule has 278 valence electrons. The van der Waals surface area contributed by atoms with E-state index in [4.69, 9.17) is 4.42 Å². The van der Waals surface area contributed by atoms with Crippen molar-refractivity contribution in [2.75, 3.05) is 9.80 Å². The van der Waals surface area contributed by atoms with Crippen LogP contribution in [0.2, 0.25) is 0 Å². The molecule has 11 aromatic rings. The van der Waals surface area contributed by atoms with E-state index in [0.29, 0.717) is 0 Å². The molecule has 0 atom stereocenters. The van der Waals surface area contributed by atoms with Crippen LogP contribution in [-0.4, -0.2) is 0 Å². The van der Waals surface area contributed by atoms with E-state index < -0.39 is 0 Å². The van der Waals surface area contributed by atoms with Crippen molar-refractivity contribution < 1.29 is 4.42 Å². The predicted molar refractivity (Wildman–Crippen MR) is 249 cm³/mol. The summed E-state index contributed by atoms with van der Waals surface area (Å²) in [5.74, 6) is 0. The Morgan fingerprint density at radius 1 is 0.254 bits per heavy atom. The zero-order chi connectivity index (χ0) is 39.1. The summed E-state index contributed by atoms with van der Waals surface area (Å²) in [5.41, 5.74) is 13.0. The van der Waals surface area contributed by atoms with Crippen LogP contribution in [0.1, 0.15) is 0 Å². The van der Waals surface area contributed by atoms with E-state index in [1.165, 1.54) is 43.8 Å². The fourth-order valence-corrected chi connectivity index (χ4v) is 8.61. The van der Waals surface area contributed by atoms with Gasteiger partial charge in [0, 0.05) is 51.0 Å². The lowest BCUT2D eigenvalue weighted by Crippen LogP contribution is -2.12.